The maximum absolute atomic E-state index is 13.0. The van der Waals surface area contributed by atoms with Gasteiger partial charge in [-0.3, -0.25) is 4.79 Å². The van der Waals surface area contributed by atoms with Gasteiger partial charge in [0.2, 0.25) is 5.91 Å². The molecule has 1 saturated heterocycles. The number of amides is 1. The highest BCUT2D eigenvalue weighted by Gasteiger charge is 2.44. The van der Waals surface area contributed by atoms with Crippen molar-refractivity contribution in [1.82, 2.24) is 5.32 Å². The summed E-state index contributed by atoms with van der Waals surface area (Å²) in [5.74, 6) is -0.203. The van der Waals surface area contributed by atoms with Crippen LogP contribution in [-0.2, 0) is 14.3 Å². The molecule has 352 valence electrons. The van der Waals surface area contributed by atoms with Crippen molar-refractivity contribution >= 4 is 5.91 Å². The molecule has 1 amide bonds. The molecule has 0 radical (unpaired) electrons. The highest BCUT2D eigenvalue weighted by atomic mass is 16.7. The lowest BCUT2D eigenvalue weighted by atomic mass is 9.99. The summed E-state index contributed by atoms with van der Waals surface area (Å²) in [6, 6.07) is -0.833. The molecule has 0 spiro atoms. The fourth-order valence-corrected chi connectivity index (χ4v) is 7.34. The van der Waals surface area contributed by atoms with Crippen LogP contribution in [-0.4, -0.2) is 87.5 Å². The fraction of sp³-hybridized carbons (Fsp3) is 0.750. The van der Waals surface area contributed by atoms with Crippen LogP contribution >= 0.6 is 0 Å². The van der Waals surface area contributed by atoms with Crippen molar-refractivity contribution < 1.29 is 39.8 Å². The second-order valence-corrected chi connectivity index (χ2v) is 16.9. The van der Waals surface area contributed by atoms with Gasteiger partial charge in [0.15, 0.2) is 6.29 Å². The standard InChI is InChI=1S/C52H91NO8/c1-3-5-7-9-11-13-15-17-19-21-23-25-27-29-31-33-35-37-39-41-46(55)45(44-60-52-51(59)50(58)49(57)47(43-54)61-52)53-48(56)42-40-38-36-34-32-30-28-26-24-22-20-18-16-14-12-10-8-6-4-2/h6,8,12,14,18,20,24,26,31,33,39,41,45-47,49-52,54-55,57-59H,3-5,7,9-11,13,15-17,19,21-23,25,27-30,32,34-38,40,42-44H2,1-2H3,(H,53,56)/b8-6-,14-12-,20-18-,26-24-,33-31+,41-39+. The average molecular weight is 858 g/mol. The summed E-state index contributed by atoms with van der Waals surface area (Å²) in [6.07, 6.45) is 49.4. The topological polar surface area (TPSA) is 149 Å². The smallest absolute Gasteiger partial charge is 0.220 e. The molecule has 1 aliphatic rings. The molecule has 9 nitrogen and oxygen atoms in total. The molecule has 1 fully saturated rings. The van der Waals surface area contributed by atoms with Crippen molar-refractivity contribution in [3.63, 3.8) is 0 Å². The van der Waals surface area contributed by atoms with Crippen LogP contribution in [0.4, 0.5) is 0 Å². The van der Waals surface area contributed by atoms with Gasteiger partial charge in [-0.25, -0.2) is 0 Å². The molecule has 1 heterocycles. The Kier molecular flexibility index (Phi) is 38.7. The van der Waals surface area contributed by atoms with Crippen LogP contribution < -0.4 is 5.32 Å². The minimum atomic E-state index is -1.58. The SMILES string of the molecule is CC/C=C\C/C=C\C/C=C\C/C=C\CCCCCCCCC(=O)NC(COC1OC(CO)C(O)C(O)C1O)C(O)/C=C/CC/C=C/CCCCCCCCCCCCCCC. The zero-order chi connectivity index (χ0) is 44.4. The van der Waals surface area contributed by atoms with Crippen molar-refractivity contribution in [3.05, 3.63) is 72.9 Å². The van der Waals surface area contributed by atoms with Crippen LogP contribution in [0.2, 0.25) is 0 Å². The Morgan fingerprint density at radius 2 is 1.03 bits per heavy atom. The van der Waals surface area contributed by atoms with E-state index in [4.69, 9.17) is 9.47 Å². The lowest BCUT2D eigenvalue weighted by Gasteiger charge is -2.40. The Bertz CT molecular complexity index is 1180. The van der Waals surface area contributed by atoms with E-state index in [1.165, 1.54) is 83.5 Å². The van der Waals surface area contributed by atoms with Crippen LogP contribution in [0.1, 0.15) is 194 Å². The lowest BCUT2D eigenvalue weighted by molar-refractivity contribution is -0.302. The number of hydrogen-bond acceptors (Lipinski definition) is 8. The van der Waals surface area contributed by atoms with E-state index in [0.717, 1.165) is 89.9 Å². The largest absolute Gasteiger partial charge is 0.394 e. The first-order valence-electron chi connectivity index (χ1n) is 24.7. The number of aliphatic hydroxyl groups is 5. The minimum absolute atomic E-state index is 0.203. The van der Waals surface area contributed by atoms with E-state index < -0.39 is 49.5 Å². The van der Waals surface area contributed by atoms with Crippen molar-refractivity contribution in [2.75, 3.05) is 13.2 Å². The van der Waals surface area contributed by atoms with Gasteiger partial charge in [-0.1, -0.05) is 189 Å². The number of rotatable bonds is 40. The molecule has 61 heavy (non-hydrogen) atoms. The molecule has 6 N–H and O–H groups in total. The molecule has 1 aliphatic heterocycles. The number of ether oxygens (including phenoxy) is 2. The van der Waals surface area contributed by atoms with Crippen LogP contribution in [0.25, 0.3) is 0 Å². The number of unbranched alkanes of at least 4 members (excludes halogenated alkanes) is 20. The van der Waals surface area contributed by atoms with Crippen LogP contribution in [0, 0.1) is 0 Å². The summed E-state index contributed by atoms with van der Waals surface area (Å²) >= 11 is 0. The third kappa shape index (κ3) is 32.0. The van der Waals surface area contributed by atoms with Gasteiger partial charge in [0.25, 0.3) is 0 Å². The molecule has 0 aromatic rings. The summed E-state index contributed by atoms with van der Waals surface area (Å²) in [7, 11) is 0. The molecule has 7 atom stereocenters. The quantitative estimate of drug-likeness (QED) is 0.0264. The third-order valence-corrected chi connectivity index (χ3v) is 11.3. The number of aliphatic hydroxyl groups excluding tert-OH is 5. The molecule has 1 rings (SSSR count). The fourth-order valence-electron chi connectivity index (χ4n) is 7.34. The summed E-state index contributed by atoms with van der Waals surface area (Å²) in [5.41, 5.74) is 0. The molecule has 0 saturated carbocycles. The first-order chi connectivity index (χ1) is 29.8. The van der Waals surface area contributed by atoms with Gasteiger partial charge in [0.05, 0.1) is 25.4 Å². The molecular formula is C52H91NO8. The first-order valence-corrected chi connectivity index (χ1v) is 24.7. The zero-order valence-corrected chi connectivity index (χ0v) is 38.6. The van der Waals surface area contributed by atoms with E-state index in [9.17, 15) is 30.3 Å². The van der Waals surface area contributed by atoms with Gasteiger partial charge in [-0.05, 0) is 70.6 Å². The number of allylic oxidation sites excluding steroid dienone is 11. The van der Waals surface area contributed by atoms with Gasteiger partial charge in [0.1, 0.15) is 24.4 Å². The summed E-state index contributed by atoms with van der Waals surface area (Å²) in [5, 5.41) is 54.3. The Labute approximate surface area is 372 Å². The molecule has 0 aliphatic carbocycles. The maximum atomic E-state index is 13.0. The van der Waals surface area contributed by atoms with Gasteiger partial charge in [-0.2, -0.15) is 0 Å². The van der Waals surface area contributed by atoms with Crippen LogP contribution in [0.5, 0.6) is 0 Å². The van der Waals surface area contributed by atoms with Gasteiger partial charge in [0, 0.05) is 6.42 Å². The summed E-state index contributed by atoms with van der Waals surface area (Å²) < 4.78 is 11.2. The van der Waals surface area contributed by atoms with E-state index in [2.05, 4.69) is 79.9 Å². The van der Waals surface area contributed by atoms with Crippen LogP contribution in [0.15, 0.2) is 72.9 Å². The minimum Gasteiger partial charge on any atom is -0.394 e. The highest BCUT2D eigenvalue weighted by molar-refractivity contribution is 5.76. The summed E-state index contributed by atoms with van der Waals surface area (Å²) in [6.45, 7) is 3.63. The number of carbonyl (C=O) groups excluding carboxylic acids is 1. The van der Waals surface area contributed by atoms with Gasteiger partial charge in [-0.15, -0.1) is 0 Å². The van der Waals surface area contributed by atoms with Crippen molar-refractivity contribution in [3.8, 4) is 0 Å². The number of hydrogen-bond donors (Lipinski definition) is 6. The van der Waals surface area contributed by atoms with Gasteiger partial charge >= 0.3 is 0 Å². The normalized spacial score (nSPS) is 21.1. The predicted octanol–water partition coefficient (Wildman–Crippen LogP) is 10.9. The number of carbonyl (C=O) groups is 1. The van der Waals surface area contributed by atoms with Gasteiger partial charge < -0.3 is 40.3 Å². The second-order valence-electron chi connectivity index (χ2n) is 16.9. The van der Waals surface area contributed by atoms with Crippen molar-refractivity contribution in [2.45, 2.75) is 236 Å². The Hall–Kier alpha value is -2.37. The highest BCUT2D eigenvalue weighted by Crippen LogP contribution is 2.22. The van der Waals surface area contributed by atoms with Crippen LogP contribution in [0.3, 0.4) is 0 Å². The molecule has 7 unspecified atom stereocenters. The first kappa shape index (κ1) is 56.6. The van der Waals surface area contributed by atoms with E-state index >= 15 is 0 Å². The van der Waals surface area contributed by atoms with Crippen molar-refractivity contribution in [2.24, 2.45) is 0 Å². The zero-order valence-electron chi connectivity index (χ0n) is 38.6. The van der Waals surface area contributed by atoms with E-state index in [1.54, 1.807) is 6.08 Å². The maximum Gasteiger partial charge on any atom is 0.220 e. The molecule has 0 aromatic heterocycles. The Morgan fingerprint density at radius 1 is 0.574 bits per heavy atom. The van der Waals surface area contributed by atoms with Crippen molar-refractivity contribution in [1.29, 1.82) is 0 Å². The Balaban J connectivity index is 2.37. The number of nitrogens with one attached hydrogen (secondary N) is 1. The van der Waals surface area contributed by atoms with E-state index in [-0.39, 0.29) is 12.5 Å². The molecule has 9 heteroatoms. The average Bonchev–Trinajstić information content (AvgIpc) is 3.26. The molecule has 0 bridgehead atoms. The third-order valence-electron chi connectivity index (χ3n) is 11.3. The molecular weight excluding hydrogens is 767 g/mol. The summed E-state index contributed by atoms with van der Waals surface area (Å²) in [4.78, 5) is 13.0. The van der Waals surface area contributed by atoms with E-state index in [1.807, 2.05) is 6.08 Å². The predicted molar refractivity (Wildman–Crippen MR) is 253 cm³/mol. The van der Waals surface area contributed by atoms with E-state index in [0.29, 0.717) is 6.42 Å². The lowest BCUT2D eigenvalue weighted by Crippen LogP contribution is -2.60. The molecule has 0 aromatic carbocycles. The monoisotopic (exact) mass is 858 g/mol. The second kappa shape index (κ2) is 41.6. The Morgan fingerprint density at radius 3 is 1.57 bits per heavy atom.